The van der Waals surface area contributed by atoms with E-state index in [1.165, 1.54) is 12.1 Å². The predicted molar refractivity (Wildman–Crippen MR) is 109 cm³/mol. The summed E-state index contributed by atoms with van der Waals surface area (Å²) in [4.78, 5) is 19.0. The van der Waals surface area contributed by atoms with E-state index in [2.05, 4.69) is 20.6 Å². The van der Waals surface area contributed by atoms with Crippen LogP contribution in [0.25, 0.3) is 0 Å². The van der Waals surface area contributed by atoms with E-state index in [0.717, 1.165) is 30.8 Å². The molecular weight excluding hydrogens is 433 g/mol. The van der Waals surface area contributed by atoms with Crippen molar-refractivity contribution in [3.63, 3.8) is 0 Å². The number of nitrogens with one attached hydrogen (secondary N) is 2. The topological polar surface area (TPSA) is 92.5 Å². The molecule has 0 fully saturated rings. The third kappa shape index (κ3) is 7.46. The first-order valence-electron chi connectivity index (χ1n) is 7.84. The summed E-state index contributed by atoms with van der Waals surface area (Å²) in [5.41, 5.74) is 2.03. The van der Waals surface area contributed by atoms with E-state index in [-0.39, 0.29) is 29.7 Å². The van der Waals surface area contributed by atoms with Gasteiger partial charge in [-0.05, 0) is 24.6 Å². The maximum absolute atomic E-state index is 10.7. The lowest BCUT2D eigenvalue weighted by atomic mass is 10.2. The highest BCUT2D eigenvalue weighted by atomic mass is 127. The van der Waals surface area contributed by atoms with Gasteiger partial charge in [-0.3, -0.25) is 15.1 Å². The van der Waals surface area contributed by atoms with Gasteiger partial charge < -0.3 is 10.6 Å². The Bertz CT molecular complexity index is 677. The quantitative estimate of drug-likeness (QED) is 0.220. The van der Waals surface area contributed by atoms with Crippen molar-refractivity contribution in [3.05, 3.63) is 70.0 Å². The van der Waals surface area contributed by atoms with Crippen molar-refractivity contribution in [2.45, 2.75) is 19.9 Å². The molecule has 134 valence electrons. The maximum Gasteiger partial charge on any atom is 0.269 e. The van der Waals surface area contributed by atoms with Gasteiger partial charge in [0, 0.05) is 43.5 Å². The van der Waals surface area contributed by atoms with E-state index in [1.54, 1.807) is 18.3 Å². The number of non-ortho nitro benzene ring substituents is 1. The summed E-state index contributed by atoms with van der Waals surface area (Å²) in [5.74, 6) is 0.715. The van der Waals surface area contributed by atoms with Crippen molar-refractivity contribution >= 4 is 35.6 Å². The number of hydrogen-bond acceptors (Lipinski definition) is 4. The summed E-state index contributed by atoms with van der Waals surface area (Å²) in [7, 11) is 0. The smallest absolute Gasteiger partial charge is 0.269 e. The van der Waals surface area contributed by atoms with Crippen molar-refractivity contribution in [1.82, 2.24) is 15.6 Å². The number of halogens is 1. The van der Waals surface area contributed by atoms with Crippen molar-refractivity contribution in [3.8, 4) is 0 Å². The van der Waals surface area contributed by atoms with Gasteiger partial charge in [0.2, 0.25) is 0 Å². The summed E-state index contributed by atoms with van der Waals surface area (Å²) in [6.07, 6.45) is 2.59. The lowest BCUT2D eigenvalue weighted by molar-refractivity contribution is -0.384. The number of rotatable bonds is 7. The number of aromatic nitrogens is 1. The Morgan fingerprint density at radius 2 is 1.96 bits per heavy atom. The standard InChI is InChI=1S/C17H21N5O2.HI/c1-2-18-17(20-12-10-15-5-3-4-11-19-15)21-13-14-6-8-16(9-7-14)22(23)24;/h3-9,11H,2,10,12-13H2,1H3,(H2,18,20,21);1H. The zero-order valence-electron chi connectivity index (χ0n) is 14.0. The highest BCUT2D eigenvalue weighted by Crippen LogP contribution is 2.12. The monoisotopic (exact) mass is 455 g/mol. The Labute approximate surface area is 164 Å². The number of nitro groups is 1. The summed E-state index contributed by atoms with van der Waals surface area (Å²) in [6.45, 7) is 3.94. The van der Waals surface area contributed by atoms with Crippen LogP contribution < -0.4 is 10.6 Å². The Morgan fingerprint density at radius 3 is 2.56 bits per heavy atom. The fraction of sp³-hybridized carbons (Fsp3) is 0.294. The summed E-state index contributed by atoms with van der Waals surface area (Å²) in [6, 6.07) is 12.3. The van der Waals surface area contributed by atoms with E-state index in [4.69, 9.17) is 0 Å². The van der Waals surface area contributed by atoms with Gasteiger partial charge in [-0.1, -0.05) is 18.2 Å². The second-order valence-electron chi connectivity index (χ2n) is 5.12. The van der Waals surface area contributed by atoms with Crippen LogP contribution in [0.15, 0.2) is 53.7 Å². The van der Waals surface area contributed by atoms with Gasteiger partial charge in [-0.25, -0.2) is 4.99 Å². The summed E-state index contributed by atoms with van der Waals surface area (Å²) in [5, 5.41) is 17.1. The predicted octanol–water partition coefficient (Wildman–Crippen LogP) is 2.91. The van der Waals surface area contributed by atoms with Crippen molar-refractivity contribution in [1.29, 1.82) is 0 Å². The van der Waals surface area contributed by atoms with E-state index < -0.39 is 4.92 Å². The van der Waals surface area contributed by atoms with Crippen LogP contribution >= 0.6 is 24.0 Å². The molecule has 0 radical (unpaired) electrons. The zero-order chi connectivity index (χ0) is 17.2. The second kappa shape index (κ2) is 11.3. The maximum atomic E-state index is 10.7. The Balaban J connectivity index is 0.00000312. The molecule has 0 unspecified atom stereocenters. The number of nitrogens with zero attached hydrogens (tertiary/aromatic N) is 3. The molecule has 1 aromatic heterocycles. The van der Waals surface area contributed by atoms with Gasteiger partial charge in [0.05, 0.1) is 11.5 Å². The van der Waals surface area contributed by atoms with Crippen molar-refractivity contribution in [2.24, 2.45) is 4.99 Å². The van der Waals surface area contributed by atoms with Gasteiger partial charge >= 0.3 is 0 Å². The minimum atomic E-state index is -0.406. The Kier molecular flexibility index (Phi) is 9.45. The van der Waals surface area contributed by atoms with Gasteiger partial charge in [0.15, 0.2) is 5.96 Å². The zero-order valence-corrected chi connectivity index (χ0v) is 16.3. The highest BCUT2D eigenvalue weighted by molar-refractivity contribution is 14.0. The highest BCUT2D eigenvalue weighted by Gasteiger charge is 2.04. The van der Waals surface area contributed by atoms with Crippen LogP contribution in [0, 0.1) is 10.1 Å². The van der Waals surface area contributed by atoms with E-state index in [9.17, 15) is 10.1 Å². The molecule has 0 saturated heterocycles. The first-order chi connectivity index (χ1) is 11.7. The molecule has 2 N–H and O–H groups in total. The normalized spacial score (nSPS) is 10.7. The van der Waals surface area contributed by atoms with Crippen molar-refractivity contribution in [2.75, 3.05) is 13.1 Å². The van der Waals surface area contributed by atoms with E-state index in [1.807, 2.05) is 25.1 Å². The average Bonchev–Trinajstić information content (AvgIpc) is 2.61. The van der Waals surface area contributed by atoms with Crippen LogP contribution in [0.5, 0.6) is 0 Å². The number of guanidine groups is 1. The van der Waals surface area contributed by atoms with Crippen molar-refractivity contribution < 1.29 is 4.92 Å². The molecule has 2 rings (SSSR count). The first-order valence-corrected chi connectivity index (χ1v) is 7.84. The molecule has 0 aliphatic rings. The van der Waals surface area contributed by atoms with Crippen LogP contribution in [0.3, 0.4) is 0 Å². The third-order valence-electron chi connectivity index (χ3n) is 3.31. The molecule has 8 heteroatoms. The van der Waals surface area contributed by atoms with Gasteiger partial charge in [0.25, 0.3) is 5.69 Å². The van der Waals surface area contributed by atoms with Gasteiger partial charge in [0.1, 0.15) is 0 Å². The molecule has 0 bridgehead atoms. The largest absolute Gasteiger partial charge is 0.357 e. The number of benzene rings is 1. The van der Waals surface area contributed by atoms with Crippen LogP contribution in [0.1, 0.15) is 18.2 Å². The molecule has 0 spiro atoms. The van der Waals surface area contributed by atoms with E-state index >= 15 is 0 Å². The van der Waals surface area contributed by atoms with Crippen LogP contribution in [-0.4, -0.2) is 29.0 Å². The second-order valence-corrected chi connectivity index (χ2v) is 5.12. The minimum absolute atomic E-state index is 0. The molecule has 25 heavy (non-hydrogen) atoms. The van der Waals surface area contributed by atoms with Crippen LogP contribution in [0.2, 0.25) is 0 Å². The fourth-order valence-electron chi connectivity index (χ4n) is 2.09. The minimum Gasteiger partial charge on any atom is -0.357 e. The van der Waals surface area contributed by atoms with Crippen LogP contribution in [-0.2, 0) is 13.0 Å². The number of hydrogen-bond donors (Lipinski definition) is 2. The Morgan fingerprint density at radius 1 is 1.20 bits per heavy atom. The van der Waals surface area contributed by atoms with Crippen LogP contribution in [0.4, 0.5) is 5.69 Å². The molecule has 0 aliphatic carbocycles. The number of nitro benzene ring substituents is 1. The molecule has 0 saturated carbocycles. The summed E-state index contributed by atoms with van der Waals surface area (Å²) >= 11 is 0. The molecular formula is C17H22IN5O2. The molecule has 2 aromatic rings. The molecule has 7 nitrogen and oxygen atoms in total. The SMILES string of the molecule is CCNC(=NCc1ccc([N+](=O)[O-])cc1)NCCc1ccccn1.I. The average molecular weight is 455 g/mol. The molecule has 0 aliphatic heterocycles. The lowest BCUT2D eigenvalue weighted by Gasteiger charge is -2.11. The Hall–Kier alpha value is -2.23. The summed E-state index contributed by atoms with van der Waals surface area (Å²) < 4.78 is 0. The first kappa shape index (κ1) is 20.8. The van der Waals surface area contributed by atoms with Gasteiger partial charge in [-0.2, -0.15) is 0 Å². The third-order valence-corrected chi connectivity index (χ3v) is 3.31. The molecule has 0 amide bonds. The lowest BCUT2D eigenvalue weighted by Crippen LogP contribution is -2.38. The fourth-order valence-corrected chi connectivity index (χ4v) is 2.09. The molecule has 1 aromatic carbocycles. The number of aliphatic imine (C=N–C) groups is 1. The molecule has 1 heterocycles. The number of pyridine rings is 1. The molecule has 0 atom stereocenters. The van der Waals surface area contributed by atoms with Gasteiger partial charge in [-0.15, -0.1) is 24.0 Å². The van der Waals surface area contributed by atoms with E-state index in [0.29, 0.717) is 12.5 Å².